The quantitative estimate of drug-likeness (QED) is 0.516. The second kappa shape index (κ2) is 10.7. The van der Waals surface area contributed by atoms with E-state index in [9.17, 15) is 18.0 Å². The summed E-state index contributed by atoms with van der Waals surface area (Å²) in [6.07, 6.45) is 8.10. The van der Waals surface area contributed by atoms with E-state index in [1.165, 1.54) is 35.0 Å². The molecule has 8 nitrogen and oxygen atoms in total. The van der Waals surface area contributed by atoms with Crippen LogP contribution in [-0.2, 0) is 29.1 Å². The van der Waals surface area contributed by atoms with Gasteiger partial charge in [-0.05, 0) is 36.6 Å². The first-order valence-electron chi connectivity index (χ1n) is 10.3. The minimum atomic E-state index is -3.55. The highest BCUT2D eigenvalue weighted by Crippen LogP contribution is 2.18. The van der Waals surface area contributed by atoms with Gasteiger partial charge in [0.1, 0.15) is 0 Å². The van der Waals surface area contributed by atoms with Gasteiger partial charge in [-0.1, -0.05) is 31.4 Å². The highest BCUT2D eigenvalue weighted by atomic mass is 32.2. The average molecular weight is 437 g/mol. The molecule has 2 fully saturated rings. The van der Waals surface area contributed by atoms with Gasteiger partial charge < -0.3 is 14.8 Å². The van der Waals surface area contributed by atoms with Crippen molar-refractivity contribution in [1.29, 1.82) is 0 Å². The number of benzene rings is 1. The fraction of sp³-hybridized carbons (Fsp3) is 0.524. The average Bonchev–Trinajstić information content (AvgIpc) is 2.78. The Bertz CT molecular complexity index is 854. The van der Waals surface area contributed by atoms with E-state index < -0.39 is 16.0 Å². The van der Waals surface area contributed by atoms with Gasteiger partial charge in [0.15, 0.2) is 6.61 Å². The Kier molecular flexibility index (Phi) is 8.01. The summed E-state index contributed by atoms with van der Waals surface area (Å²) < 4.78 is 36.8. The molecular weight excluding hydrogens is 408 g/mol. The Morgan fingerprint density at radius 2 is 1.77 bits per heavy atom. The molecule has 0 spiro atoms. The number of amides is 1. The molecular formula is C21H28N2O6S. The van der Waals surface area contributed by atoms with Crippen LogP contribution in [0.5, 0.6) is 0 Å². The van der Waals surface area contributed by atoms with E-state index in [2.05, 4.69) is 5.32 Å². The predicted octanol–water partition coefficient (Wildman–Crippen LogP) is 1.71. The Hall–Kier alpha value is -2.23. The first-order valence-corrected chi connectivity index (χ1v) is 11.7. The molecule has 1 saturated heterocycles. The number of sulfonamides is 1. The molecule has 3 rings (SSSR count). The van der Waals surface area contributed by atoms with Crippen LogP contribution >= 0.6 is 0 Å². The summed E-state index contributed by atoms with van der Waals surface area (Å²) in [6, 6.07) is 6.42. The Morgan fingerprint density at radius 3 is 2.43 bits per heavy atom. The standard InChI is InChI=1S/C21H28N2O6S/c24-20(22-18-4-2-1-3-5-18)16-29-21(25)11-8-17-6-9-19(10-7-17)30(26,27)23-12-14-28-15-13-23/h6-11,18H,1-5,12-16H2,(H,22,24). The molecule has 0 bridgehead atoms. The zero-order chi connectivity index (χ0) is 21.4. The van der Waals surface area contributed by atoms with Gasteiger partial charge in [-0.25, -0.2) is 13.2 Å². The van der Waals surface area contributed by atoms with Crippen molar-refractivity contribution in [1.82, 2.24) is 9.62 Å². The van der Waals surface area contributed by atoms with Gasteiger partial charge in [-0.2, -0.15) is 4.31 Å². The molecule has 1 aliphatic heterocycles. The van der Waals surface area contributed by atoms with E-state index in [1.54, 1.807) is 12.1 Å². The Balaban J connectivity index is 1.47. The number of carbonyl (C=O) groups excluding carboxylic acids is 2. The number of morpholine rings is 1. The third-order valence-electron chi connectivity index (χ3n) is 5.22. The molecule has 1 aliphatic carbocycles. The number of carbonyl (C=O) groups is 2. The molecule has 1 aromatic rings. The van der Waals surface area contributed by atoms with Crippen molar-refractivity contribution in [2.75, 3.05) is 32.9 Å². The summed E-state index contributed by atoms with van der Waals surface area (Å²) in [7, 11) is -3.55. The topological polar surface area (TPSA) is 102 Å². The molecule has 9 heteroatoms. The molecule has 0 aromatic heterocycles. The van der Waals surface area contributed by atoms with Gasteiger partial charge in [0.25, 0.3) is 5.91 Å². The van der Waals surface area contributed by atoms with Crippen molar-refractivity contribution < 1.29 is 27.5 Å². The van der Waals surface area contributed by atoms with Crippen molar-refractivity contribution in [2.45, 2.75) is 43.0 Å². The van der Waals surface area contributed by atoms with Crippen molar-refractivity contribution >= 4 is 28.0 Å². The minimum Gasteiger partial charge on any atom is -0.452 e. The van der Waals surface area contributed by atoms with Crippen LogP contribution in [0.3, 0.4) is 0 Å². The number of hydrogen-bond donors (Lipinski definition) is 1. The summed E-state index contributed by atoms with van der Waals surface area (Å²) in [5.41, 5.74) is 0.652. The maximum absolute atomic E-state index is 12.6. The largest absolute Gasteiger partial charge is 0.452 e. The highest BCUT2D eigenvalue weighted by molar-refractivity contribution is 7.89. The fourth-order valence-electron chi connectivity index (χ4n) is 3.55. The summed E-state index contributed by atoms with van der Waals surface area (Å²) in [6.45, 7) is 1.15. The third kappa shape index (κ3) is 6.38. The van der Waals surface area contributed by atoms with Gasteiger partial charge in [-0.15, -0.1) is 0 Å². The van der Waals surface area contributed by atoms with Gasteiger partial charge in [0.05, 0.1) is 18.1 Å². The molecule has 1 heterocycles. The number of ether oxygens (including phenoxy) is 2. The maximum atomic E-state index is 12.6. The monoisotopic (exact) mass is 436 g/mol. The van der Waals surface area contributed by atoms with Gasteiger partial charge in [-0.3, -0.25) is 4.79 Å². The lowest BCUT2D eigenvalue weighted by Gasteiger charge is -2.26. The Morgan fingerprint density at radius 1 is 1.10 bits per heavy atom. The van der Waals surface area contributed by atoms with E-state index in [1.807, 2.05) is 0 Å². The first-order chi connectivity index (χ1) is 14.4. The van der Waals surface area contributed by atoms with Crippen LogP contribution in [-0.4, -0.2) is 63.6 Å². The lowest BCUT2D eigenvalue weighted by atomic mass is 9.95. The summed E-state index contributed by atoms with van der Waals surface area (Å²) in [5.74, 6) is -0.917. The zero-order valence-electron chi connectivity index (χ0n) is 16.9. The van der Waals surface area contributed by atoms with E-state index in [4.69, 9.17) is 9.47 Å². The smallest absolute Gasteiger partial charge is 0.331 e. The number of nitrogens with zero attached hydrogens (tertiary/aromatic N) is 1. The van der Waals surface area contributed by atoms with Crippen molar-refractivity contribution in [3.8, 4) is 0 Å². The van der Waals surface area contributed by atoms with E-state index in [0.717, 1.165) is 25.7 Å². The molecule has 0 atom stereocenters. The van der Waals surface area contributed by atoms with E-state index >= 15 is 0 Å². The molecule has 2 aliphatic rings. The lowest BCUT2D eigenvalue weighted by Crippen LogP contribution is -2.40. The number of esters is 1. The third-order valence-corrected chi connectivity index (χ3v) is 7.13. The van der Waals surface area contributed by atoms with Gasteiger partial charge >= 0.3 is 5.97 Å². The molecule has 1 saturated carbocycles. The van der Waals surface area contributed by atoms with Crippen LogP contribution in [0.1, 0.15) is 37.7 Å². The second-order valence-electron chi connectivity index (χ2n) is 7.43. The number of rotatable bonds is 7. The molecule has 1 amide bonds. The number of nitrogens with one attached hydrogen (secondary N) is 1. The second-order valence-corrected chi connectivity index (χ2v) is 9.37. The van der Waals surface area contributed by atoms with Crippen LogP contribution in [0, 0.1) is 0 Å². The summed E-state index contributed by atoms with van der Waals surface area (Å²) in [4.78, 5) is 23.9. The Labute approximate surface area is 177 Å². The van der Waals surface area contributed by atoms with E-state index in [0.29, 0.717) is 31.9 Å². The summed E-state index contributed by atoms with van der Waals surface area (Å²) in [5, 5.41) is 2.89. The zero-order valence-corrected chi connectivity index (χ0v) is 17.7. The number of hydrogen-bond acceptors (Lipinski definition) is 6. The van der Waals surface area contributed by atoms with Crippen LogP contribution < -0.4 is 5.32 Å². The van der Waals surface area contributed by atoms with Crippen molar-refractivity contribution in [3.05, 3.63) is 35.9 Å². The minimum absolute atomic E-state index is 0.174. The van der Waals surface area contributed by atoms with Crippen LogP contribution in [0.4, 0.5) is 0 Å². The van der Waals surface area contributed by atoms with Crippen LogP contribution in [0.2, 0.25) is 0 Å². The van der Waals surface area contributed by atoms with Crippen molar-refractivity contribution in [2.24, 2.45) is 0 Å². The molecule has 30 heavy (non-hydrogen) atoms. The van der Waals surface area contributed by atoms with Crippen LogP contribution in [0.25, 0.3) is 6.08 Å². The first kappa shape index (κ1) is 22.5. The lowest BCUT2D eigenvalue weighted by molar-refractivity contribution is -0.144. The van der Waals surface area contributed by atoms with Gasteiger partial charge in [0, 0.05) is 25.2 Å². The van der Waals surface area contributed by atoms with E-state index in [-0.39, 0.29) is 23.5 Å². The molecule has 1 aromatic carbocycles. The van der Waals surface area contributed by atoms with Gasteiger partial charge in [0.2, 0.25) is 10.0 Å². The maximum Gasteiger partial charge on any atom is 0.331 e. The molecule has 1 N–H and O–H groups in total. The molecule has 164 valence electrons. The van der Waals surface area contributed by atoms with Crippen molar-refractivity contribution in [3.63, 3.8) is 0 Å². The summed E-state index contributed by atoms with van der Waals surface area (Å²) >= 11 is 0. The highest BCUT2D eigenvalue weighted by Gasteiger charge is 2.26. The normalized spacial score (nSPS) is 18.9. The van der Waals surface area contributed by atoms with Crippen LogP contribution in [0.15, 0.2) is 35.2 Å². The SMILES string of the molecule is O=C(COC(=O)C=Cc1ccc(S(=O)(=O)N2CCOCC2)cc1)NC1CCCCC1. The molecule has 0 radical (unpaired) electrons. The fourth-order valence-corrected chi connectivity index (χ4v) is 4.96. The molecule has 0 unspecified atom stereocenters. The predicted molar refractivity (Wildman–Crippen MR) is 111 cm³/mol.